The number of benzene rings is 2. The molecule has 0 amide bonds. The highest BCUT2D eigenvalue weighted by Crippen LogP contribution is 2.35. The van der Waals surface area contributed by atoms with E-state index in [1.807, 2.05) is 0 Å². The molecule has 28 heavy (non-hydrogen) atoms. The summed E-state index contributed by atoms with van der Waals surface area (Å²) in [6.07, 6.45) is 0. The van der Waals surface area contributed by atoms with E-state index in [1.165, 1.54) is 0 Å². The van der Waals surface area contributed by atoms with Gasteiger partial charge in [0.25, 0.3) is 0 Å². The lowest BCUT2D eigenvalue weighted by molar-refractivity contribution is -0.111. The number of carbonyl (C=O) groups is 1. The molecule has 5 nitrogen and oxygen atoms in total. The molecule has 1 aliphatic heterocycles. The number of nitrogens with two attached hydrogens (primary N) is 1. The van der Waals surface area contributed by atoms with E-state index in [0.717, 1.165) is 0 Å². The summed E-state index contributed by atoms with van der Waals surface area (Å²) < 4.78 is 10.9. The van der Waals surface area contributed by atoms with Crippen molar-refractivity contribution in [1.29, 1.82) is 5.41 Å². The summed E-state index contributed by atoms with van der Waals surface area (Å²) in [5.41, 5.74) is 7.55. The predicted octanol–water partition coefficient (Wildman–Crippen LogP) is 5.07. The SMILES string of the molecule is CCOC(=N)/C(=C1\OC(N)=C(c2ccc(Cl)cc2)C1=O)c1ccc(Cl)cc1.Cl. The van der Waals surface area contributed by atoms with Crippen LogP contribution in [0.15, 0.2) is 60.2 Å². The van der Waals surface area contributed by atoms with Gasteiger partial charge in [0, 0.05) is 10.0 Å². The number of hydrogen-bond donors (Lipinski definition) is 2. The zero-order valence-corrected chi connectivity index (χ0v) is 17.1. The maximum absolute atomic E-state index is 13.1. The van der Waals surface area contributed by atoms with Crippen molar-refractivity contribution in [2.24, 2.45) is 5.73 Å². The Bertz CT molecular complexity index is 965. The molecule has 0 spiro atoms. The lowest BCUT2D eigenvalue weighted by Crippen LogP contribution is -2.12. The molecule has 0 fully saturated rings. The number of rotatable bonds is 4. The second-order valence-electron chi connectivity index (χ2n) is 5.65. The van der Waals surface area contributed by atoms with Crippen molar-refractivity contribution in [3.8, 4) is 0 Å². The molecule has 1 aliphatic rings. The summed E-state index contributed by atoms with van der Waals surface area (Å²) in [6, 6.07) is 13.4. The fraction of sp³-hybridized carbons (Fsp3) is 0.100. The van der Waals surface area contributed by atoms with E-state index in [-0.39, 0.29) is 47.7 Å². The quantitative estimate of drug-likeness (QED) is 0.396. The average Bonchev–Trinajstić information content (AvgIpc) is 2.92. The molecule has 2 aromatic rings. The Morgan fingerprint density at radius 3 is 2.14 bits per heavy atom. The summed E-state index contributed by atoms with van der Waals surface area (Å²) in [7, 11) is 0. The Morgan fingerprint density at radius 2 is 1.61 bits per heavy atom. The fourth-order valence-electron chi connectivity index (χ4n) is 2.69. The Kier molecular flexibility index (Phi) is 7.13. The van der Waals surface area contributed by atoms with Gasteiger partial charge in [-0.3, -0.25) is 10.2 Å². The van der Waals surface area contributed by atoms with Gasteiger partial charge in [-0.2, -0.15) is 0 Å². The molecule has 3 N–H and O–H groups in total. The average molecular weight is 440 g/mol. The zero-order valence-electron chi connectivity index (χ0n) is 14.8. The number of ketones is 1. The lowest BCUT2D eigenvalue weighted by atomic mass is 9.97. The molecular weight excluding hydrogens is 423 g/mol. The van der Waals surface area contributed by atoms with E-state index in [4.69, 9.17) is 43.8 Å². The van der Waals surface area contributed by atoms with Crippen LogP contribution in [0.4, 0.5) is 0 Å². The van der Waals surface area contributed by atoms with Crippen molar-refractivity contribution >= 4 is 58.4 Å². The van der Waals surface area contributed by atoms with Gasteiger partial charge < -0.3 is 15.2 Å². The van der Waals surface area contributed by atoms with Crippen molar-refractivity contribution in [3.05, 3.63) is 81.3 Å². The standard InChI is InChI=1S/C20H16Cl2N2O3.ClH/c1-2-26-19(23)16(12-5-9-14(22)10-6-12)18-17(25)15(20(24)27-18)11-3-7-13(21)8-4-11;/h3-10,23H,2,24H2,1H3;1H/b18-16-,23-19?;. The Labute approximate surface area is 178 Å². The molecule has 0 saturated heterocycles. The van der Waals surface area contributed by atoms with Crippen LogP contribution in [0.2, 0.25) is 10.0 Å². The number of allylic oxidation sites excluding steroid dienone is 1. The van der Waals surface area contributed by atoms with E-state index >= 15 is 0 Å². The third-order valence-electron chi connectivity index (χ3n) is 3.90. The van der Waals surface area contributed by atoms with E-state index in [9.17, 15) is 4.79 Å². The Hall–Kier alpha value is -2.47. The number of Topliss-reactive ketones (excluding diaryl/α,β-unsaturated/α-hetero) is 1. The van der Waals surface area contributed by atoms with Crippen LogP contribution < -0.4 is 5.73 Å². The van der Waals surface area contributed by atoms with Crippen LogP contribution in [0, 0.1) is 5.41 Å². The summed E-state index contributed by atoms with van der Waals surface area (Å²) >= 11 is 11.9. The van der Waals surface area contributed by atoms with E-state index in [0.29, 0.717) is 21.2 Å². The van der Waals surface area contributed by atoms with Gasteiger partial charge in [0.15, 0.2) is 5.76 Å². The van der Waals surface area contributed by atoms with Gasteiger partial charge in [0.1, 0.15) is 0 Å². The first kappa shape index (κ1) is 21.8. The molecule has 8 heteroatoms. The third-order valence-corrected chi connectivity index (χ3v) is 4.40. The number of carbonyl (C=O) groups excluding carboxylic acids is 1. The Morgan fingerprint density at radius 1 is 1.07 bits per heavy atom. The zero-order chi connectivity index (χ0) is 19.6. The van der Waals surface area contributed by atoms with Crippen molar-refractivity contribution in [2.45, 2.75) is 6.92 Å². The minimum atomic E-state index is -0.427. The van der Waals surface area contributed by atoms with Gasteiger partial charge in [-0.15, -0.1) is 12.4 Å². The van der Waals surface area contributed by atoms with Crippen LogP contribution in [-0.4, -0.2) is 18.3 Å². The van der Waals surface area contributed by atoms with Crippen LogP contribution >= 0.6 is 35.6 Å². The molecule has 0 radical (unpaired) electrons. The molecule has 0 aliphatic carbocycles. The molecular formula is C20H17Cl3N2O3. The molecule has 0 aromatic heterocycles. The maximum atomic E-state index is 13.1. The topological polar surface area (TPSA) is 85.4 Å². The monoisotopic (exact) mass is 438 g/mol. The minimum Gasteiger partial charge on any atom is -0.478 e. The minimum absolute atomic E-state index is 0. The van der Waals surface area contributed by atoms with Crippen molar-refractivity contribution in [2.75, 3.05) is 6.61 Å². The molecule has 3 rings (SSSR count). The normalized spacial score (nSPS) is 15.0. The van der Waals surface area contributed by atoms with Crippen LogP contribution in [0.25, 0.3) is 11.1 Å². The first-order valence-corrected chi connectivity index (χ1v) is 8.88. The van der Waals surface area contributed by atoms with Gasteiger partial charge in [0.2, 0.25) is 17.6 Å². The molecule has 0 atom stereocenters. The van der Waals surface area contributed by atoms with Crippen LogP contribution in [0.3, 0.4) is 0 Å². The summed E-state index contributed by atoms with van der Waals surface area (Å²) in [6.45, 7) is 2.02. The second-order valence-corrected chi connectivity index (χ2v) is 6.52. The lowest BCUT2D eigenvalue weighted by Gasteiger charge is -2.12. The predicted molar refractivity (Wildman–Crippen MR) is 114 cm³/mol. The van der Waals surface area contributed by atoms with E-state index in [1.54, 1.807) is 55.5 Å². The summed E-state index contributed by atoms with van der Waals surface area (Å²) in [5, 5.41) is 9.31. The van der Waals surface area contributed by atoms with E-state index < -0.39 is 5.78 Å². The highest BCUT2D eigenvalue weighted by Gasteiger charge is 2.35. The van der Waals surface area contributed by atoms with Gasteiger partial charge in [-0.1, -0.05) is 47.5 Å². The molecule has 2 aromatic carbocycles. The van der Waals surface area contributed by atoms with E-state index in [2.05, 4.69) is 0 Å². The third kappa shape index (κ3) is 4.33. The molecule has 0 saturated carbocycles. The highest BCUT2D eigenvalue weighted by atomic mass is 35.5. The smallest absolute Gasteiger partial charge is 0.235 e. The van der Waals surface area contributed by atoms with Crippen molar-refractivity contribution < 1.29 is 14.3 Å². The molecule has 146 valence electrons. The number of nitrogens with one attached hydrogen (secondary N) is 1. The number of ether oxygens (including phenoxy) is 2. The van der Waals surface area contributed by atoms with Crippen LogP contribution in [0.1, 0.15) is 18.1 Å². The number of hydrogen-bond acceptors (Lipinski definition) is 5. The highest BCUT2D eigenvalue weighted by molar-refractivity contribution is 6.37. The van der Waals surface area contributed by atoms with Crippen molar-refractivity contribution in [1.82, 2.24) is 0 Å². The van der Waals surface area contributed by atoms with Crippen LogP contribution in [-0.2, 0) is 14.3 Å². The maximum Gasteiger partial charge on any atom is 0.235 e. The van der Waals surface area contributed by atoms with Crippen molar-refractivity contribution in [3.63, 3.8) is 0 Å². The van der Waals surface area contributed by atoms with Gasteiger partial charge in [-0.25, -0.2) is 0 Å². The van der Waals surface area contributed by atoms with Gasteiger partial charge in [0.05, 0.1) is 17.8 Å². The fourth-order valence-corrected chi connectivity index (χ4v) is 2.94. The first-order chi connectivity index (χ1) is 12.9. The second kappa shape index (κ2) is 9.15. The van der Waals surface area contributed by atoms with Gasteiger partial charge in [-0.05, 0) is 42.3 Å². The summed E-state index contributed by atoms with van der Waals surface area (Å²) in [5.74, 6) is -0.705. The molecule has 0 bridgehead atoms. The Balaban J connectivity index is 0.00000280. The summed E-state index contributed by atoms with van der Waals surface area (Å²) in [4.78, 5) is 13.1. The molecule has 0 unspecified atom stereocenters. The molecule has 1 heterocycles. The largest absolute Gasteiger partial charge is 0.478 e. The van der Waals surface area contributed by atoms with Crippen LogP contribution in [0.5, 0.6) is 0 Å². The van der Waals surface area contributed by atoms with Gasteiger partial charge >= 0.3 is 0 Å². The number of halogens is 3. The first-order valence-electron chi connectivity index (χ1n) is 8.12.